The summed E-state index contributed by atoms with van der Waals surface area (Å²) in [7, 11) is 0. The van der Waals surface area contributed by atoms with Crippen molar-refractivity contribution in [1.82, 2.24) is 9.97 Å². The minimum Gasteiger partial charge on any atom is -1.00 e. The predicted octanol–water partition coefficient (Wildman–Crippen LogP) is 2.61. The maximum absolute atomic E-state index is 4.82. The van der Waals surface area contributed by atoms with Crippen LogP contribution in [0.3, 0.4) is 0 Å². The lowest BCUT2D eigenvalue weighted by Crippen LogP contribution is -3.00. The average molecular weight is 361 g/mol. The molecule has 0 bridgehead atoms. The maximum atomic E-state index is 4.82. The fraction of sp³-hybridized carbons (Fsp3) is 0.0909. The zero-order valence-corrected chi connectivity index (χ0v) is 15.2. The van der Waals surface area contributed by atoms with Crippen molar-refractivity contribution >= 4 is 22.4 Å². The van der Waals surface area contributed by atoms with Gasteiger partial charge in [0.15, 0.2) is 5.82 Å². The molecular weight excluding hydrogens is 342 g/mol. The molecule has 130 valence electrons. The van der Waals surface area contributed by atoms with Crippen LogP contribution in [0.25, 0.3) is 22.3 Å². The second kappa shape index (κ2) is 7.98. The summed E-state index contributed by atoms with van der Waals surface area (Å²) >= 11 is 0. The molecule has 1 N–H and O–H groups in total. The minimum atomic E-state index is 0. The van der Waals surface area contributed by atoms with Crippen LogP contribution in [0.2, 0.25) is 0 Å². The Kier molecular flexibility index (Phi) is 5.49. The smallest absolute Gasteiger partial charge is 0.162 e. The van der Waals surface area contributed by atoms with E-state index < -0.39 is 0 Å². The molecule has 0 fully saturated rings. The lowest BCUT2D eigenvalue weighted by molar-refractivity contribution is -0.00000506. The van der Waals surface area contributed by atoms with Gasteiger partial charge >= 0.3 is 0 Å². The van der Waals surface area contributed by atoms with Gasteiger partial charge in [0.1, 0.15) is 5.82 Å². The van der Waals surface area contributed by atoms with E-state index in [-0.39, 0.29) is 12.4 Å². The number of aromatic nitrogens is 2. The molecule has 0 spiro atoms. The summed E-state index contributed by atoms with van der Waals surface area (Å²) in [5.74, 6) is 1.57. The molecule has 4 heteroatoms. The van der Waals surface area contributed by atoms with Crippen molar-refractivity contribution in [2.75, 3.05) is 5.32 Å². The average Bonchev–Trinajstić information content (AvgIpc) is 2.69. The van der Waals surface area contributed by atoms with Gasteiger partial charge in [0.2, 0.25) is 0 Å². The number of rotatable bonds is 4. The highest BCUT2D eigenvalue weighted by Crippen LogP contribution is 2.28. The number of nitrogens with one attached hydrogen (secondary N) is 1. The van der Waals surface area contributed by atoms with E-state index in [9.17, 15) is 0 Å². The summed E-state index contributed by atoms with van der Waals surface area (Å²) in [4.78, 5) is 9.56. The van der Waals surface area contributed by atoms with Gasteiger partial charge in [-0.25, -0.2) is 9.97 Å². The first-order valence-electron chi connectivity index (χ1n) is 8.52. The third kappa shape index (κ3) is 3.53. The highest BCUT2D eigenvalue weighted by Gasteiger charge is 2.10. The van der Waals surface area contributed by atoms with Crippen molar-refractivity contribution in [3.05, 3.63) is 84.4 Å². The molecule has 0 aliphatic rings. The van der Waals surface area contributed by atoms with Gasteiger partial charge in [-0.05, 0) is 30.2 Å². The van der Waals surface area contributed by atoms with Crippen molar-refractivity contribution < 1.29 is 12.4 Å². The Labute approximate surface area is 159 Å². The Balaban J connectivity index is 0.00000196. The second-order valence-corrected chi connectivity index (χ2v) is 5.91. The molecule has 0 radical (unpaired) electrons. The maximum Gasteiger partial charge on any atom is 0.162 e. The molecule has 4 rings (SSSR count). The van der Waals surface area contributed by atoms with Gasteiger partial charge in [-0.15, -0.1) is 0 Å². The van der Waals surface area contributed by atoms with E-state index in [2.05, 4.69) is 36.5 Å². The van der Waals surface area contributed by atoms with Crippen molar-refractivity contribution in [3.63, 3.8) is 0 Å². The molecule has 26 heavy (non-hydrogen) atoms. The van der Waals surface area contributed by atoms with Gasteiger partial charge in [-0.3, -0.25) is 0 Å². The van der Waals surface area contributed by atoms with Crippen LogP contribution >= 0.6 is 0 Å². The molecule has 3 nitrogen and oxygen atoms in total. The third-order valence-corrected chi connectivity index (χ3v) is 4.29. The molecule has 0 aliphatic heterocycles. The minimum absolute atomic E-state index is 0. The number of hydrogen-bond donors (Lipinski definition) is 1. The largest absolute Gasteiger partial charge is 1.00 e. The number of para-hydroxylation sites is 2. The molecule has 0 atom stereocenters. The SMILES string of the molecule is CCc1ccccc1Nc1nc(-c2ccccc2)nc2ccccc12.[Cl-]. The molecule has 1 aromatic heterocycles. The van der Waals surface area contributed by atoms with Crippen molar-refractivity contribution in [1.29, 1.82) is 0 Å². The predicted molar refractivity (Wildman–Crippen MR) is 104 cm³/mol. The van der Waals surface area contributed by atoms with Crippen molar-refractivity contribution in [2.45, 2.75) is 13.3 Å². The molecule has 0 saturated heterocycles. The highest BCUT2D eigenvalue weighted by atomic mass is 35.5. The Bertz CT molecular complexity index is 1020. The van der Waals surface area contributed by atoms with Gasteiger partial charge < -0.3 is 17.7 Å². The summed E-state index contributed by atoms with van der Waals surface area (Å²) in [6.45, 7) is 2.16. The van der Waals surface area contributed by atoms with E-state index >= 15 is 0 Å². The van der Waals surface area contributed by atoms with Crippen LogP contribution in [0.1, 0.15) is 12.5 Å². The topological polar surface area (TPSA) is 37.8 Å². The number of benzene rings is 3. The first-order chi connectivity index (χ1) is 12.3. The number of halogens is 1. The van der Waals surface area contributed by atoms with Gasteiger partial charge in [-0.2, -0.15) is 0 Å². The van der Waals surface area contributed by atoms with Gasteiger partial charge in [0.05, 0.1) is 5.52 Å². The zero-order valence-electron chi connectivity index (χ0n) is 14.5. The van der Waals surface area contributed by atoms with E-state index in [0.29, 0.717) is 0 Å². The Hall–Kier alpha value is -2.91. The molecule has 0 unspecified atom stereocenters. The third-order valence-electron chi connectivity index (χ3n) is 4.29. The summed E-state index contributed by atoms with van der Waals surface area (Å²) in [6, 6.07) is 26.5. The Morgan fingerprint density at radius 3 is 2.27 bits per heavy atom. The molecule has 3 aromatic carbocycles. The quantitative estimate of drug-likeness (QED) is 0.608. The molecule has 0 amide bonds. The van der Waals surface area contributed by atoms with E-state index in [1.54, 1.807) is 0 Å². The summed E-state index contributed by atoms with van der Waals surface area (Å²) in [6.07, 6.45) is 0.970. The van der Waals surface area contributed by atoms with E-state index in [1.807, 2.05) is 54.6 Å². The molecule has 1 heterocycles. The number of hydrogen-bond acceptors (Lipinski definition) is 3. The van der Waals surface area contributed by atoms with Gasteiger partial charge in [0, 0.05) is 16.6 Å². The van der Waals surface area contributed by atoms with Crippen LogP contribution in [-0.2, 0) is 6.42 Å². The Morgan fingerprint density at radius 1 is 0.769 bits per heavy atom. The van der Waals surface area contributed by atoms with Crippen molar-refractivity contribution in [3.8, 4) is 11.4 Å². The second-order valence-electron chi connectivity index (χ2n) is 5.91. The fourth-order valence-corrected chi connectivity index (χ4v) is 2.97. The molecule has 0 aliphatic carbocycles. The number of aryl methyl sites for hydroxylation is 1. The van der Waals surface area contributed by atoms with Crippen LogP contribution in [0.5, 0.6) is 0 Å². The Morgan fingerprint density at radius 2 is 1.46 bits per heavy atom. The van der Waals surface area contributed by atoms with Gasteiger partial charge in [0.25, 0.3) is 0 Å². The van der Waals surface area contributed by atoms with Crippen LogP contribution in [-0.4, -0.2) is 9.97 Å². The lowest BCUT2D eigenvalue weighted by Gasteiger charge is -2.13. The molecular formula is C22H19ClN3-. The standard InChI is InChI=1S/C22H19N3.ClH/c1-2-16-10-6-8-14-19(16)23-22-18-13-7-9-15-20(18)24-21(25-22)17-11-4-3-5-12-17;/h3-15H,2H2,1H3,(H,23,24,25);1H/p-1. The zero-order chi connectivity index (χ0) is 17.1. The van der Waals surface area contributed by atoms with Crippen LogP contribution in [0.4, 0.5) is 11.5 Å². The first-order valence-corrected chi connectivity index (χ1v) is 8.52. The number of anilines is 2. The lowest BCUT2D eigenvalue weighted by atomic mass is 10.1. The van der Waals surface area contributed by atoms with Crippen LogP contribution in [0, 0.1) is 0 Å². The fourth-order valence-electron chi connectivity index (χ4n) is 2.97. The normalized spacial score (nSPS) is 10.3. The summed E-state index contributed by atoms with van der Waals surface area (Å²) in [5, 5.41) is 4.55. The van der Waals surface area contributed by atoms with E-state index in [1.165, 1.54) is 5.56 Å². The van der Waals surface area contributed by atoms with Crippen molar-refractivity contribution in [2.24, 2.45) is 0 Å². The monoisotopic (exact) mass is 360 g/mol. The van der Waals surface area contributed by atoms with Crippen LogP contribution in [0.15, 0.2) is 78.9 Å². The van der Waals surface area contributed by atoms with E-state index in [4.69, 9.17) is 9.97 Å². The van der Waals surface area contributed by atoms with E-state index in [0.717, 1.165) is 40.2 Å². The summed E-state index contributed by atoms with van der Waals surface area (Å²) in [5.41, 5.74) is 4.31. The number of nitrogens with zero attached hydrogens (tertiary/aromatic N) is 2. The van der Waals surface area contributed by atoms with Crippen LogP contribution < -0.4 is 17.7 Å². The number of fused-ring (bicyclic) bond motifs is 1. The van der Waals surface area contributed by atoms with Gasteiger partial charge in [-0.1, -0.05) is 67.6 Å². The highest BCUT2D eigenvalue weighted by molar-refractivity contribution is 5.92. The molecule has 0 saturated carbocycles. The first kappa shape index (κ1) is 17.9. The summed E-state index contributed by atoms with van der Waals surface area (Å²) < 4.78 is 0. The molecule has 4 aromatic rings.